The van der Waals surface area contributed by atoms with Crippen LogP contribution in [0.2, 0.25) is 10.0 Å². The molecule has 0 bridgehead atoms. The standard InChI is InChI=1S/C25H27Cl2NO3/c1-2-28(13-16-6-4-3-5-7-16)14-20-23(29)11-10-19-24(30)21(15-31-25(19)20)18-9-8-17(26)12-22(18)27/h3-9,12,15,19-20,23,25,29H,2,10-11,13-14H2,1H3. The maximum atomic E-state index is 13.4. The molecule has 1 N–H and O–H groups in total. The fraction of sp³-hybridized carbons (Fsp3) is 0.400. The normalized spacial score (nSPS) is 25.7. The van der Waals surface area contributed by atoms with Gasteiger partial charge in [0.1, 0.15) is 6.10 Å². The van der Waals surface area contributed by atoms with Gasteiger partial charge >= 0.3 is 0 Å². The first kappa shape index (κ1) is 22.3. The molecule has 0 aromatic heterocycles. The lowest BCUT2D eigenvalue weighted by Crippen LogP contribution is -2.51. The molecule has 1 saturated carbocycles. The van der Waals surface area contributed by atoms with Crippen molar-refractivity contribution in [2.75, 3.05) is 13.1 Å². The summed E-state index contributed by atoms with van der Waals surface area (Å²) in [5.41, 5.74) is 2.34. The molecule has 1 fully saturated rings. The van der Waals surface area contributed by atoms with E-state index in [9.17, 15) is 9.90 Å². The highest BCUT2D eigenvalue weighted by molar-refractivity contribution is 6.37. The van der Waals surface area contributed by atoms with Crippen LogP contribution in [0.15, 0.2) is 54.8 Å². The molecule has 4 nitrogen and oxygen atoms in total. The van der Waals surface area contributed by atoms with Gasteiger partial charge in [-0.2, -0.15) is 0 Å². The van der Waals surface area contributed by atoms with Gasteiger partial charge in [-0.3, -0.25) is 9.69 Å². The second-order valence-corrected chi connectivity index (χ2v) is 9.19. The Kier molecular flexibility index (Phi) is 7.02. The number of halogens is 2. The molecule has 1 aliphatic carbocycles. The summed E-state index contributed by atoms with van der Waals surface area (Å²) < 4.78 is 6.12. The van der Waals surface area contributed by atoms with E-state index >= 15 is 0 Å². The van der Waals surface area contributed by atoms with Gasteiger partial charge in [-0.1, -0.05) is 66.5 Å². The minimum atomic E-state index is -0.493. The van der Waals surface area contributed by atoms with Gasteiger partial charge in [-0.15, -0.1) is 0 Å². The first-order valence-electron chi connectivity index (χ1n) is 10.8. The molecule has 0 spiro atoms. The van der Waals surface area contributed by atoms with Crippen molar-refractivity contribution in [2.24, 2.45) is 11.8 Å². The Labute approximate surface area is 193 Å². The summed E-state index contributed by atoms with van der Waals surface area (Å²) in [7, 11) is 0. The SMILES string of the molecule is CCN(Cc1ccccc1)CC1C(O)CCC2C(=O)C(c3ccc(Cl)cc3Cl)=COC21. The summed E-state index contributed by atoms with van der Waals surface area (Å²) in [6, 6.07) is 15.4. The fourth-order valence-electron chi connectivity index (χ4n) is 4.70. The highest BCUT2D eigenvalue weighted by atomic mass is 35.5. The third-order valence-corrected chi connectivity index (χ3v) is 6.97. The number of carbonyl (C=O) groups is 1. The summed E-state index contributed by atoms with van der Waals surface area (Å²) in [4.78, 5) is 15.7. The number of hydrogen-bond acceptors (Lipinski definition) is 4. The summed E-state index contributed by atoms with van der Waals surface area (Å²) in [6.45, 7) is 4.44. The first-order chi connectivity index (χ1) is 15.0. The van der Waals surface area contributed by atoms with Crippen LogP contribution in [0.5, 0.6) is 0 Å². The third kappa shape index (κ3) is 4.83. The van der Waals surface area contributed by atoms with Crippen LogP contribution in [0, 0.1) is 11.8 Å². The molecule has 2 aromatic carbocycles. The molecular weight excluding hydrogens is 433 g/mol. The van der Waals surface area contributed by atoms with Gasteiger partial charge in [0, 0.05) is 29.6 Å². The van der Waals surface area contributed by atoms with E-state index in [1.807, 2.05) is 18.2 Å². The number of nitrogens with zero attached hydrogens (tertiary/aromatic N) is 1. The van der Waals surface area contributed by atoms with Crippen LogP contribution in [0.1, 0.15) is 30.9 Å². The van der Waals surface area contributed by atoms with E-state index in [1.54, 1.807) is 18.2 Å². The van der Waals surface area contributed by atoms with Crippen molar-refractivity contribution < 1.29 is 14.6 Å². The molecule has 0 amide bonds. The minimum absolute atomic E-state index is 0.0310. The van der Waals surface area contributed by atoms with Crippen molar-refractivity contribution in [1.29, 1.82) is 0 Å². The number of ketones is 1. The Balaban J connectivity index is 1.54. The van der Waals surface area contributed by atoms with E-state index in [0.717, 1.165) is 13.1 Å². The highest BCUT2D eigenvalue weighted by Gasteiger charge is 2.46. The zero-order valence-electron chi connectivity index (χ0n) is 17.5. The van der Waals surface area contributed by atoms with Gasteiger partial charge in [0.05, 0.1) is 28.9 Å². The van der Waals surface area contributed by atoms with E-state index in [0.29, 0.717) is 40.6 Å². The zero-order valence-corrected chi connectivity index (χ0v) is 19.0. The van der Waals surface area contributed by atoms with E-state index in [4.69, 9.17) is 27.9 Å². The maximum absolute atomic E-state index is 13.4. The smallest absolute Gasteiger partial charge is 0.173 e. The monoisotopic (exact) mass is 459 g/mol. The second kappa shape index (κ2) is 9.74. The molecule has 4 unspecified atom stereocenters. The van der Waals surface area contributed by atoms with Gasteiger partial charge < -0.3 is 9.84 Å². The number of rotatable bonds is 6. The number of Topliss-reactive ketones (excluding diaryl/α,β-unsaturated/α-hetero) is 1. The first-order valence-corrected chi connectivity index (χ1v) is 11.5. The van der Waals surface area contributed by atoms with E-state index in [2.05, 4.69) is 24.0 Å². The molecule has 2 aromatic rings. The Bertz CT molecular complexity index is 962. The maximum Gasteiger partial charge on any atom is 0.173 e. The zero-order chi connectivity index (χ0) is 22.0. The predicted octanol–water partition coefficient (Wildman–Crippen LogP) is 5.21. The molecule has 1 heterocycles. The van der Waals surface area contributed by atoms with E-state index < -0.39 is 6.10 Å². The van der Waals surface area contributed by atoms with Crippen molar-refractivity contribution in [3.8, 4) is 0 Å². The molecular formula is C25H27Cl2NO3. The molecule has 1 aliphatic heterocycles. The lowest BCUT2D eigenvalue weighted by molar-refractivity contribution is -0.133. The topological polar surface area (TPSA) is 49.8 Å². The molecule has 31 heavy (non-hydrogen) atoms. The van der Waals surface area contributed by atoms with Crippen molar-refractivity contribution in [3.63, 3.8) is 0 Å². The van der Waals surface area contributed by atoms with Crippen molar-refractivity contribution in [2.45, 2.75) is 38.5 Å². The molecule has 2 aliphatic rings. The van der Waals surface area contributed by atoms with Crippen molar-refractivity contribution in [3.05, 3.63) is 76.0 Å². The van der Waals surface area contributed by atoms with Gasteiger partial charge in [-0.25, -0.2) is 0 Å². The van der Waals surface area contributed by atoms with Crippen LogP contribution in [0.4, 0.5) is 0 Å². The Morgan fingerprint density at radius 2 is 1.90 bits per heavy atom. The number of fused-ring (bicyclic) bond motifs is 1. The number of ether oxygens (including phenoxy) is 1. The number of aliphatic hydroxyl groups excluding tert-OH is 1. The third-order valence-electron chi connectivity index (χ3n) is 6.42. The van der Waals surface area contributed by atoms with Crippen LogP contribution in [0.3, 0.4) is 0 Å². The quantitative estimate of drug-likeness (QED) is 0.643. The average Bonchev–Trinajstić information content (AvgIpc) is 2.76. The highest BCUT2D eigenvalue weighted by Crippen LogP contribution is 2.41. The van der Waals surface area contributed by atoms with Gasteiger partial charge in [0.15, 0.2) is 5.78 Å². The van der Waals surface area contributed by atoms with Crippen molar-refractivity contribution >= 4 is 34.6 Å². The summed E-state index contributed by atoms with van der Waals surface area (Å²) >= 11 is 12.3. The number of allylic oxidation sites excluding steroid dienone is 1. The number of aliphatic hydroxyl groups is 1. The second-order valence-electron chi connectivity index (χ2n) is 8.35. The molecule has 6 heteroatoms. The largest absolute Gasteiger partial charge is 0.496 e. The fourth-order valence-corrected chi connectivity index (χ4v) is 5.21. The molecule has 164 valence electrons. The number of benzene rings is 2. The molecule has 0 saturated heterocycles. The minimum Gasteiger partial charge on any atom is -0.496 e. The Morgan fingerprint density at radius 3 is 2.61 bits per heavy atom. The van der Waals surface area contributed by atoms with E-state index in [1.165, 1.54) is 11.8 Å². The van der Waals surface area contributed by atoms with Gasteiger partial charge in [0.25, 0.3) is 0 Å². The molecule has 4 rings (SSSR count). The Morgan fingerprint density at radius 1 is 1.13 bits per heavy atom. The molecule has 4 atom stereocenters. The molecule has 0 radical (unpaired) electrons. The number of carbonyl (C=O) groups excluding carboxylic acids is 1. The van der Waals surface area contributed by atoms with Crippen LogP contribution in [-0.2, 0) is 16.1 Å². The van der Waals surface area contributed by atoms with Crippen LogP contribution in [-0.4, -0.2) is 41.1 Å². The Hall–Kier alpha value is -1.85. The lowest BCUT2D eigenvalue weighted by atomic mass is 9.72. The van der Waals surface area contributed by atoms with Crippen LogP contribution < -0.4 is 0 Å². The lowest BCUT2D eigenvalue weighted by Gasteiger charge is -2.43. The van der Waals surface area contributed by atoms with Crippen molar-refractivity contribution in [1.82, 2.24) is 4.90 Å². The van der Waals surface area contributed by atoms with Gasteiger partial charge in [-0.05, 0) is 37.1 Å². The number of hydrogen-bond donors (Lipinski definition) is 1. The predicted molar refractivity (Wildman–Crippen MR) is 124 cm³/mol. The summed E-state index contributed by atoms with van der Waals surface area (Å²) in [5, 5.41) is 11.7. The van der Waals surface area contributed by atoms with Gasteiger partial charge in [0.2, 0.25) is 0 Å². The summed E-state index contributed by atoms with van der Waals surface area (Å²) in [6.07, 6.45) is 1.89. The van der Waals surface area contributed by atoms with Crippen LogP contribution >= 0.6 is 23.2 Å². The van der Waals surface area contributed by atoms with E-state index in [-0.39, 0.29) is 23.7 Å². The summed E-state index contributed by atoms with van der Waals surface area (Å²) in [5.74, 6) is -0.385. The average molecular weight is 460 g/mol. The van der Waals surface area contributed by atoms with Crippen LogP contribution in [0.25, 0.3) is 5.57 Å².